The molecule has 0 amide bonds. The highest BCUT2D eigenvalue weighted by molar-refractivity contribution is 8.76. The maximum Gasteiger partial charge on any atom is 0.305 e. The molecule has 0 aromatic rings. The highest BCUT2D eigenvalue weighted by Crippen LogP contribution is 2.39. The predicted octanol–water partition coefficient (Wildman–Crippen LogP) is 12.0. The molecule has 0 spiro atoms. The summed E-state index contributed by atoms with van der Waals surface area (Å²) in [4.78, 5) is 22.9. The van der Waals surface area contributed by atoms with Crippen LogP contribution in [0.15, 0.2) is 0 Å². The molecule has 4 atom stereocenters. The van der Waals surface area contributed by atoms with Crippen LogP contribution in [0.2, 0.25) is 36.3 Å². The quantitative estimate of drug-likeness (QED) is 0.0200. The summed E-state index contributed by atoms with van der Waals surface area (Å²) in [6, 6.07) is 0. The molecule has 0 radical (unpaired) electrons. The number of nitrogens with zero attached hydrogens (tertiary/aromatic N) is 4. The largest absolute Gasteiger partial charge is 0.464 e. The van der Waals surface area contributed by atoms with Crippen LogP contribution in [0, 0.1) is 190 Å². The van der Waals surface area contributed by atoms with E-state index in [2.05, 4.69) is 274 Å². The summed E-state index contributed by atoms with van der Waals surface area (Å²) in [7, 11) is -0.423. The fourth-order valence-corrected chi connectivity index (χ4v) is 14.3. The van der Waals surface area contributed by atoms with Gasteiger partial charge in [0.15, 0.2) is 16.6 Å². The lowest BCUT2D eigenvalue weighted by Gasteiger charge is -2.42. The SMILES string of the molecule is C#CC#CC#CC#CC#CC#CC#CC#CC(O)CN(CCCSSCCCN1CCN(CCOC(=O)CCCN(CC(CCCCCCCC)O[Si](C)(C)C(C)(C)C)CC(CCCCCCCC)O[Si](C)(C)C(C)(C)C)CC1)CC(O)C#CC#CC#CC#CC#CC#CC#CC#C. The molecule has 1 saturated heterocycles. The van der Waals surface area contributed by atoms with Crippen LogP contribution in [0.4, 0.5) is 0 Å². The van der Waals surface area contributed by atoms with E-state index in [0.717, 1.165) is 103 Å². The van der Waals surface area contributed by atoms with Crippen molar-refractivity contribution in [3.05, 3.63) is 0 Å². The van der Waals surface area contributed by atoms with Crippen LogP contribution in [-0.2, 0) is 18.4 Å². The van der Waals surface area contributed by atoms with E-state index in [0.29, 0.717) is 19.6 Å². The van der Waals surface area contributed by atoms with Gasteiger partial charge in [0.2, 0.25) is 0 Å². The fourth-order valence-electron chi connectivity index (χ4n) is 9.39. The second-order valence-electron chi connectivity index (χ2n) is 26.8. The van der Waals surface area contributed by atoms with Gasteiger partial charge in [-0.15, -0.1) is 12.8 Å². The number of hydrogen-bond acceptors (Lipinski definition) is 12. The van der Waals surface area contributed by atoms with E-state index in [-0.39, 0.29) is 41.3 Å². The first kappa shape index (κ1) is 89.3. The van der Waals surface area contributed by atoms with Crippen molar-refractivity contribution in [1.29, 1.82) is 0 Å². The first-order valence-corrected chi connectivity index (χ1v) is 43.3. The Morgan fingerprint density at radius 3 is 1.15 bits per heavy atom. The molecule has 1 heterocycles. The topological polar surface area (TPSA) is 98.2 Å². The van der Waals surface area contributed by atoms with E-state index in [1.807, 2.05) is 26.5 Å². The second-order valence-corrected chi connectivity index (χ2v) is 39.1. The van der Waals surface area contributed by atoms with Gasteiger partial charge in [-0.1, -0.05) is 166 Å². The maximum atomic E-state index is 13.4. The molecule has 1 aliphatic rings. The average Bonchev–Trinajstić information content (AvgIpc) is 0.833. The molecule has 0 aromatic heterocycles. The van der Waals surface area contributed by atoms with Crippen molar-refractivity contribution < 1.29 is 28.6 Å². The number of terminal acetylenes is 2. The number of unbranched alkanes of at least 4 members (excludes halogenated alkanes) is 10. The molecule has 4 unspecified atom stereocenters. The number of esters is 1. The van der Waals surface area contributed by atoms with Crippen molar-refractivity contribution in [2.45, 2.75) is 232 Å². The van der Waals surface area contributed by atoms with Crippen molar-refractivity contribution in [3.63, 3.8) is 0 Å². The lowest BCUT2D eigenvalue weighted by Crippen LogP contribution is -2.50. The maximum absolute atomic E-state index is 13.4. The van der Waals surface area contributed by atoms with E-state index in [9.17, 15) is 15.0 Å². The zero-order chi connectivity index (χ0) is 72.3. The van der Waals surface area contributed by atoms with Crippen LogP contribution in [0.3, 0.4) is 0 Å². The smallest absolute Gasteiger partial charge is 0.305 e. The molecule has 0 aliphatic carbocycles. The molecule has 1 aliphatic heterocycles. The first-order valence-electron chi connectivity index (χ1n) is 35.0. The molecule has 0 saturated carbocycles. The van der Waals surface area contributed by atoms with Gasteiger partial charge in [-0.2, -0.15) is 0 Å². The molecule has 0 aromatic carbocycles. The fraction of sp³-hybridized carbons (Fsp3) is 0.607. The Balaban J connectivity index is 2.86. The third-order valence-electron chi connectivity index (χ3n) is 16.7. The first-order chi connectivity index (χ1) is 47.1. The minimum absolute atomic E-state index is 0.110. The van der Waals surface area contributed by atoms with Gasteiger partial charge in [-0.25, -0.2) is 0 Å². The predicted molar refractivity (Wildman–Crippen MR) is 419 cm³/mol. The van der Waals surface area contributed by atoms with Gasteiger partial charge in [-0.3, -0.25) is 19.5 Å². The van der Waals surface area contributed by atoms with Crippen molar-refractivity contribution in [1.82, 2.24) is 19.6 Å². The highest BCUT2D eigenvalue weighted by atomic mass is 33.1. The number of rotatable bonds is 42. The van der Waals surface area contributed by atoms with Crippen LogP contribution in [0.25, 0.3) is 0 Å². The van der Waals surface area contributed by atoms with E-state index in [1.54, 1.807) is 0 Å². The van der Waals surface area contributed by atoms with E-state index >= 15 is 0 Å². The molecule has 14 heteroatoms. The number of aliphatic hydroxyl groups excluding tert-OH is 2. The van der Waals surface area contributed by atoms with Gasteiger partial charge in [0, 0.05) is 76.8 Å². The Hall–Kier alpha value is -6.76. The number of piperazine rings is 1. The van der Waals surface area contributed by atoms with Crippen LogP contribution in [0.1, 0.15) is 171 Å². The van der Waals surface area contributed by atoms with E-state index in [4.69, 9.17) is 26.4 Å². The van der Waals surface area contributed by atoms with E-state index < -0.39 is 28.8 Å². The van der Waals surface area contributed by atoms with Crippen molar-refractivity contribution in [2.75, 3.05) is 96.6 Å². The molecule has 522 valence electrons. The van der Waals surface area contributed by atoms with Crippen molar-refractivity contribution in [2.24, 2.45) is 0 Å². The van der Waals surface area contributed by atoms with Gasteiger partial charge in [-0.05, 0) is 254 Å². The summed E-state index contributed by atoms with van der Waals surface area (Å²) < 4.78 is 20.6. The molecule has 98 heavy (non-hydrogen) atoms. The normalized spacial score (nSPS) is 12.8. The molecule has 1 fully saturated rings. The Kier molecular flexibility index (Phi) is 52.0. The van der Waals surface area contributed by atoms with Gasteiger partial charge in [0.25, 0.3) is 0 Å². The van der Waals surface area contributed by atoms with Gasteiger partial charge < -0.3 is 28.7 Å². The molecule has 1 rings (SSSR count). The lowest BCUT2D eigenvalue weighted by atomic mass is 10.1. The van der Waals surface area contributed by atoms with Crippen molar-refractivity contribution >= 4 is 44.2 Å². The van der Waals surface area contributed by atoms with Crippen molar-refractivity contribution in [3.8, 4) is 190 Å². The number of aliphatic hydroxyl groups is 2. The number of ether oxygens (including phenoxy) is 1. The molecular weight excluding hydrogens is 1280 g/mol. The van der Waals surface area contributed by atoms with Crippen LogP contribution in [0.5, 0.6) is 0 Å². The lowest BCUT2D eigenvalue weighted by molar-refractivity contribution is -0.144. The van der Waals surface area contributed by atoms with Gasteiger partial charge in [0.05, 0.1) is 12.2 Å². The standard InChI is InChI=1S/C84H110N4O6S2Si2/c1-15-19-23-27-31-33-35-37-39-41-43-45-47-51-58-78(89)74-87(75-79(90)59-52-48-46-44-42-40-38-36-34-32-28-24-20-16-2)65-57-73-96-95-72-56-64-85-66-68-86(69-67-85)70-71-92-82(91)62-55-63-88(76-80(60-53-49-29-25-21-17-3)93-97(11,12)83(5,6)7)77-81(61-54-50-30-26-22-18-4)94-98(13,14)84(8,9)10/h1-2,78-81,89-90H,17-18,21-22,25-26,29-30,49-50,53-57,60-77H2,3-14H3. The Morgan fingerprint density at radius 2 is 0.776 bits per heavy atom. The second kappa shape index (κ2) is 57.0. The number of carbonyl (C=O) groups is 1. The third kappa shape index (κ3) is 49.7. The Bertz CT molecular complexity index is 3240. The minimum atomic E-state index is -2.05. The summed E-state index contributed by atoms with van der Waals surface area (Å²) in [5, 5.41) is 21.8. The molecule has 2 N–H and O–H groups in total. The summed E-state index contributed by atoms with van der Waals surface area (Å²) in [6.07, 6.45) is 28.6. The number of carbonyl (C=O) groups excluding carboxylic acids is 1. The Morgan fingerprint density at radius 1 is 0.449 bits per heavy atom. The number of hydrogen-bond donors (Lipinski definition) is 2. The minimum Gasteiger partial charge on any atom is -0.464 e. The van der Waals surface area contributed by atoms with Gasteiger partial charge in [0.1, 0.15) is 18.8 Å². The molecular formula is C84H110N4O6S2Si2. The van der Waals surface area contributed by atoms with Crippen LogP contribution < -0.4 is 0 Å². The van der Waals surface area contributed by atoms with E-state index in [1.165, 1.54) is 77.0 Å². The monoisotopic (exact) mass is 1390 g/mol. The summed E-state index contributed by atoms with van der Waals surface area (Å²) in [5.74, 6) is 77.3. The average molecular weight is 1390 g/mol. The Labute approximate surface area is 607 Å². The summed E-state index contributed by atoms with van der Waals surface area (Å²) >= 11 is 0. The third-order valence-corrected chi connectivity index (χ3v) is 28.3. The van der Waals surface area contributed by atoms with Crippen LogP contribution in [-0.4, -0.2) is 173 Å². The zero-order valence-corrected chi connectivity index (χ0v) is 65.1. The summed E-state index contributed by atoms with van der Waals surface area (Å²) in [5.41, 5.74) is 0. The highest BCUT2D eigenvalue weighted by Gasteiger charge is 2.41. The molecule has 10 nitrogen and oxygen atoms in total. The zero-order valence-electron chi connectivity index (χ0n) is 61.4. The molecule has 0 bridgehead atoms. The van der Waals surface area contributed by atoms with Crippen LogP contribution >= 0.6 is 21.6 Å². The van der Waals surface area contributed by atoms with Gasteiger partial charge >= 0.3 is 5.97 Å². The summed E-state index contributed by atoms with van der Waals surface area (Å²) in [6.45, 7) is 37.8.